The minimum Gasteiger partial charge on any atom is -0.497 e. The number of nitrogens with one attached hydrogen (secondary N) is 2. The van der Waals surface area contributed by atoms with E-state index in [1.807, 2.05) is 31.2 Å². The molecule has 0 spiro atoms. The molecule has 3 heterocycles. The monoisotopic (exact) mass is 421 g/mol. The van der Waals surface area contributed by atoms with Gasteiger partial charge in [0.25, 0.3) is 5.91 Å². The van der Waals surface area contributed by atoms with Crippen LogP contribution in [0.3, 0.4) is 0 Å². The maximum Gasteiger partial charge on any atom is 0.269 e. The zero-order chi connectivity index (χ0) is 21.8. The molecule has 0 radical (unpaired) electrons. The molecular weight excluding hydrogens is 394 g/mol. The first-order chi connectivity index (χ1) is 15.0. The van der Waals surface area contributed by atoms with Crippen molar-refractivity contribution in [2.24, 2.45) is 7.05 Å². The summed E-state index contributed by atoms with van der Waals surface area (Å²) in [5.74, 6) is 1.04. The number of nitrogens with zero attached hydrogens (tertiary/aromatic N) is 5. The molecule has 9 heteroatoms. The molecule has 0 saturated carbocycles. The molecule has 162 valence electrons. The zero-order valence-electron chi connectivity index (χ0n) is 18.0. The van der Waals surface area contributed by atoms with Crippen molar-refractivity contribution in [2.45, 2.75) is 19.4 Å². The average molecular weight is 422 g/mol. The number of methoxy groups -OCH3 is 1. The summed E-state index contributed by atoms with van der Waals surface area (Å²) in [6.45, 7) is 5.10. The SMILES string of the molecule is COc1cccc(Nc2nccc(-c3cc(C(=O)NC(C)CN4CCC4)n(C)n3)n2)c1. The number of carbonyl (C=O) groups excluding carboxylic acids is 1. The number of aryl methyl sites for hydroxylation is 1. The summed E-state index contributed by atoms with van der Waals surface area (Å²) in [4.78, 5) is 23.9. The van der Waals surface area contributed by atoms with Crippen LogP contribution in [-0.4, -0.2) is 63.3 Å². The van der Waals surface area contributed by atoms with Gasteiger partial charge in [0.05, 0.1) is 12.8 Å². The third kappa shape index (κ3) is 5.00. The lowest BCUT2D eigenvalue weighted by Gasteiger charge is -2.33. The number of anilines is 2. The predicted molar refractivity (Wildman–Crippen MR) is 118 cm³/mol. The highest BCUT2D eigenvalue weighted by atomic mass is 16.5. The smallest absolute Gasteiger partial charge is 0.269 e. The summed E-state index contributed by atoms with van der Waals surface area (Å²) >= 11 is 0. The molecule has 31 heavy (non-hydrogen) atoms. The van der Waals surface area contributed by atoms with E-state index < -0.39 is 0 Å². The molecule has 2 aromatic heterocycles. The summed E-state index contributed by atoms with van der Waals surface area (Å²) in [6.07, 6.45) is 2.90. The van der Waals surface area contributed by atoms with Gasteiger partial charge in [-0.3, -0.25) is 9.48 Å². The Morgan fingerprint density at radius 3 is 2.81 bits per heavy atom. The van der Waals surface area contributed by atoms with Crippen molar-refractivity contribution in [3.63, 3.8) is 0 Å². The lowest BCUT2D eigenvalue weighted by atomic mass is 10.2. The number of rotatable bonds is 8. The van der Waals surface area contributed by atoms with E-state index in [4.69, 9.17) is 4.74 Å². The van der Waals surface area contributed by atoms with Crippen LogP contribution in [0.1, 0.15) is 23.8 Å². The van der Waals surface area contributed by atoms with Gasteiger partial charge in [-0.2, -0.15) is 5.10 Å². The highest BCUT2D eigenvalue weighted by Crippen LogP contribution is 2.22. The molecule has 1 aromatic carbocycles. The lowest BCUT2D eigenvalue weighted by Crippen LogP contribution is -2.47. The van der Waals surface area contributed by atoms with Crippen LogP contribution in [-0.2, 0) is 7.05 Å². The summed E-state index contributed by atoms with van der Waals surface area (Å²) in [5.41, 5.74) is 2.54. The third-order valence-corrected chi connectivity index (χ3v) is 5.21. The van der Waals surface area contributed by atoms with Crippen LogP contribution in [0.4, 0.5) is 11.6 Å². The van der Waals surface area contributed by atoms with E-state index in [0.717, 1.165) is 31.1 Å². The number of amides is 1. The fourth-order valence-electron chi connectivity index (χ4n) is 3.49. The first-order valence-electron chi connectivity index (χ1n) is 10.3. The Morgan fingerprint density at radius 1 is 1.23 bits per heavy atom. The number of benzene rings is 1. The van der Waals surface area contributed by atoms with E-state index in [1.165, 1.54) is 6.42 Å². The Hall–Kier alpha value is -3.46. The quantitative estimate of drug-likeness (QED) is 0.577. The van der Waals surface area contributed by atoms with E-state index in [0.29, 0.717) is 23.0 Å². The Bertz CT molecular complexity index is 1060. The van der Waals surface area contributed by atoms with Gasteiger partial charge in [0.2, 0.25) is 5.95 Å². The van der Waals surface area contributed by atoms with Gasteiger partial charge in [0, 0.05) is 37.6 Å². The maximum absolute atomic E-state index is 12.7. The van der Waals surface area contributed by atoms with Crippen LogP contribution in [0, 0.1) is 0 Å². The number of ether oxygens (including phenoxy) is 1. The summed E-state index contributed by atoms with van der Waals surface area (Å²) in [5, 5.41) is 10.7. The second-order valence-corrected chi connectivity index (χ2v) is 7.69. The molecule has 1 atom stereocenters. The molecule has 4 rings (SSSR count). The Morgan fingerprint density at radius 2 is 2.06 bits per heavy atom. The minimum atomic E-state index is -0.141. The van der Waals surface area contributed by atoms with Crippen molar-refractivity contribution < 1.29 is 9.53 Å². The highest BCUT2D eigenvalue weighted by molar-refractivity contribution is 5.93. The first-order valence-corrected chi connectivity index (χ1v) is 10.3. The van der Waals surface area contributed by atoms with Crippen LogP contribution in [0.15, 0.2) is 42.6 Å². The lowest BCUT2D eigenvalue weighted by molar-refractivity contribution is 0.0905. The number of likely N-dealkylation sites (tertiary alicyclic amines) is 1. The van der Waals surface area contributed by atoms with Crippen molar-refractivity contribution in [3.8, 4) is 17.1 Å². The molecule has 1 fully saturated rings. The molecule has 1 aliphatic heterocycles. The topological polar surface area (TPSA) is 97.2 Å². The van der Waals surface area contributed by atoms with Gasteiger partial charge >= 0.3 is 0 Å². The first kappa shape index (κ1) is 20.8. The molecular formula is C22H27N7O2. The average Bonchev–Trinajstić information content (AvgIpc) is 3.13. The molecule has 1 aliphatic rings. The Balaban J connectivity index is 1.47. The van der Waals surface area contributed by atoms with Crippen LogP contribution in [0.2, 0.25) is 0 Å². The number of carbonyl (C=O) groups is 1. The van der Waals surface area contributed by atoms with Crippen molar-refractivity contribution in [1.29, 1.82) is 0 Å². The Kier molecular flexibility index (Phi) is 6.13. The van der Waals surface area contributed by atoms with Gasteiger partial charge in [-0.05, 0) is 50.7 Å². The Labute approximate surface area is 181 Å². The molecule has 2 N–H and O–H groups in total. The fraction of sp³-hybridized carbons (Fsp3) is 0.364. The van der Waals surface area contributed by atoms with Gasteiger partial charge in [-0.1, -0.05) is 6.07 Å². The van der Waals surface area contributed by atoms with Gasteiger partial charge in [0.1, 0.15) is 17.1 Å². The van der Waals surface area contributed by atoms with Crippen molar-refractivity contribution in [3.05, 3.63) is 48.3 Å². The van der Waals surface area contributed by atoms with Gasteiger partial charge in [-0.15, -0.1) is 0 Å². The number of hydrogen-bond donors (Lipinski definition) is 2. The zero-order valence-corrected chi connectivity index (χ0v) is 18.0. The van der Waals surface area contributed by atoms with Crippen LogP contribution in [0.25, 0.3) is 11.4 Å². The summed E-state index contributed by atoms with van der Waals surface area (Å²) in [7, 11) is 3.38. The second kappa shape index (κ2) is 9.13. The normalized spacial score (nSPS) is 14.5. The molecule has 1 amide bonds. The number of aromatic nitrogens is 4. The number of hydrogen-bond acceptors (Lipinski definition) is 7. The third-order valence-electron chi connectivity index (χ3n) is 5.21. The van der Waals surface area contributed by atoms with E-state index >= 15 is 0 Å². The summed E-state index contributed by atoms with van der Waals surface area (Å²) in [6, 6.07) is 11.1. The molecule has 9 nitrogen and oxygen atoms in total. The van der Waals surface area contributed by atoms with E-state index in [9.17, 15) is 4.79 Å². The standard InChI is InChI=1S/C22H27N7O2/c1-15(14-29-10-5-11-29)24-21(30)20-13-19(27-28(20)2)18-8-9-23-22(26-18)25-16-6-4-7-17(12-16)31-3/h4,6-9,12-13,15H,5,10-11,14H2,1-3H3,(H,24,30)(H,23,25,26). The summed E-state index contributed by atoms with van der Waals surface area (Å²) < 4.78 is 6.83. The van der Waals surface area contributed by atoms with Gasteiger partial charge in [-0.25, -0.2) is 9.97 Å². The van der Waals surface area contributed by atoms with E-state index in [1.54, 1.807) is 37.2 Å². The van der Waals surface area contributed by atoms with E-state index in [2.05, 4.69) is 30.6 Å². The van der Waals surface area contributed by atoms with Gasteiger partial charge in [0.15, 0.2) is 0 Å². The maximum atomic E-state index is 12.7. The predicted octanol–water partition coefficient (Wildman–Crippen LogP) is 2.45. The molecule has 1 unspecified atom stereocenters. The molecule has 0 aliphatic carbocycles. The van der Waals surface area contributed by atoms with Crippen molar-refractivity contribution in [2.75, 3.05) is 32.1 Å². The van der Waals surface area contributed by atoms with Crippen LogP contribution in [0.5, 0.6) is 5.75 Å². The molecule has 1 saturated heterocycles. The second-order valence-electron chi connectivity index (χ2n) is 7.69. The minimum absolute atomic E-state index is 0.0730. The van der Waals surface area contributed by atoms with Crippen molar-refractivity contribution >= 4 is 17.5 Å². The van der Waals surface area contributed by atoms with Gasteiger partial charge < -0.3 is 20.3 Å². The largest absolute Gasteiger partial charge is 0.497 e. The molecule has 3 aromatic rings. The van der Waals surface area contributed by atoms with Crippen LogP contribution < -0.4 is 15.4 Å². The van der Waals surface area contributed by atoms with E-state index in [-0.39, 0.29) is 11.9 Å². The fourth-order valence-corrected chi connectivity index (χ4v) is 3.49. The van der Waals surface area contributed by atoms with Crippen LogP contribution >= 0.6 is 0 Å². The molecule has 0 bridgehead atoms. The highest BCUT2D eigenvalue weighted by Gasteiger charge is 2.20. The van der Waals surface area contributed by atoms with Crippen molar-refractivity contribution in [1.82, 2.24) is 30.0 Å².